The van der Waals surface area contributed by atoms with Crippen LogP contribution in [-0.2, 0) is 4.79 Å². The molecule has 64 valence electrons. The van der Waals surface area contributed by atoms with Gasteiger partial charge < -0.3 is 11.5 Å². The minimum atomic E-state index is -0.390. The molecule has 0 aromatic heterocycles. The smallest absolute Gasteiger partial charge is 0.246 e. The van der Waals surface area contributed by atoms with Gasteiger partial charge in [0.2, 0.25) is 5.91 Å². The Balaban J connectivity index is 4.14. The van der Waals surface area contributed by atoms with E-state index in [0.29, 0.717) is 17.7 Å². The number of hydrogen-bond donors (Lipinski definition) is 2. The van der Waals surface area contributed by atoms with Crippen molar-refractivity contribution in [3.63, 3.8) is 0 Å². The van der Waals surface area contributed by atoms with Gasteiger partial charge in [0.25, 0.3) is 0 Å². The molecule has 0 spiro atoms. The minimum Gasteiger partial charge on any atom is -0.402 e. The van der Waals surface area contributed by atoms with Gasteiger partial charge in [-0.25, -0.2) is 0 Å². The Hall–Kier alpha value is -0.990. The fraction of sp³-hybridized carbons (Fsp3) is 0.625. The van der Waals surface area contributed by atoms with Crippen LogP contribution in [0.3, 0.4) is 0 Å². The lowest BCUT2D eigenvalue weighted by atomic mass is 10.1. The number of carbonyl (C=O) groups is 1. The summed E-state index contributed by atoms with van der Waals surface area (Å²) in [5.74, 6) is -0.390. The fourth-order valence-corrected chi connectivity index (χ4v) is 0.868. The Labute approximate surface area is 67.4 Å². The summed E-state index contributed by atoms with van der Waals surface area (Å²) in [4.78, 5) is 10.7. The van der Waals surface area contributed by atoms with Crippen LogP contribution in [0.4, 0.5) is 0 Å². The molecule has 0 fully saturated rings. The molecule has 0 unspecified atom stereocenters. The zero-order chi connectivity index (χ0) is 8.85. The van der Waals surface area contributed by atoms with E-state index < -0.39 is 5.91 Å². The van der Waals surface area contributed by atoms with Gasteiger partial charge in [-0.3, -0.25) is 4.79 Å². The Kier molecular flexibility index (Phi) is 4.34. The van der Waals surface area contributed by atoms with Gasteiger partial charge >= 0.3 is 0 Å². The van der Waals surface area contributed by atoms with Crippen molar-refractivity contribution in [2.75, 3.05) is 0 Å². The Morgan fingerprint density at radius 2 is 1.91 bits per heavy atom. The molecular formula is C8H16N2O. The van der Waals surface area contributed by atoms with Crippen LogP contribution in [0.5, 0.6) is 0 Å². The molecule has 3 heteroatoms. The van der Waals surface area contributed by atoms with E-state index in [1.54, 1.807) is 6.92 Å². The van der Waals surface area contributed by atoms with Crippen molar-refractivity contribution >= 4 is 5.91 Å². The molecule has 0 aromatic carbocycles. The second-order valence-electron chi connectivity index (χ2n) is 2.63. The van der Waals surface area contributed by atoms with Crippen molar-refractivity contribution in [2.24, 2.45) is 11.5 Å². The predicted octanol–water partition coefficient (Wildman–Crippen LogP) is 0.895. The second kappa shape index (κ2) is 4.77. The van der Waals surface area contributed by atoms with Crippen LogP contribution in [0.1, 0.15) is 33.1 Å². The molecule has 0 radical (unpaired) electrons. The van der Waals surface area contributed by atoms with E-state index in [2.05, 4.69) is 6.92 Å². The summed E-state index contributed by atoms with van der Waals surface area (Å²) in [6, 6.07) is 0. The van der Waals surface area contributed by atoms with E-state index in [4.69, 9.17) is 11.5 Å². The number of nitrogens with two attached hydrogens (primary N) is 2. The lowest BCUT2D eigenvalue weighted by molar-refractivity contribution is -0.114. The van der Waals surface area contributed by atoms with Gasteiger partial charge in [0.15, 0.2) is 0 Å². The lowest BCUT2D eigenvalue weighted by Crippen LogP contribution is -2.17. The van der Waals surface area contributed by atoms with Crippen molar-refractivity contribution in [2.45, 2.75) is 33.1 Å². The average Bonchev–Trinajstić information content (AvgIpc) is 1.87. The molecule has 0 aliphatic heterocycles. The maximum Gasteiger partial charge on any atom is 0.246 e. The van der Waals surface area contributed by atoms with Crippen molar-refractivity contribution in [3.8, 4) is 0 Å². The van der Waals surface area contributed by atoms with E-state index in [1.807, 2.05) is 0 Å². The molecule has 0 bridgehead atoms. The largest absolute Gasteiger partial charge is 0.402 e. The summed E-state index contributed by atoms with van der Waals surface area (Å²) < 4.78 is 0. The van der Waals surface area contributed by atoms with Gasteiger partial charge in [-0.2, -0.15) is 0 Å². The molecule has 0 atom stereocenters. The number of amides is 1. The highest BCUT2D eigenvalue weighted by Gasteiger charge is 2.05. The highest BCUT2D eigenvalue weighted by Crippen LogP contribution is 2.08. The van der Waals surface area contributed by atoms with E-state index in [1.165, 1.54) is 0 Å². The molecule has 4 N–H and O–H groups in total. The third-order valence-corrected chi connectivity index (χ3v) is 1.55. The summed E-state index contributed by atoms with van der Waals surface area (Å²) in [5, 5.41) is 0. The molecule has 0 saturated carbocycles. The third-order valence-electron chi connectivity index (χ3n) is 1.55. The van der Waals surface area contributed by atoms with Crippen LogP contribution in [-0.4, -0.2) is 5.91 Å². The third kappa shape index (κ3) is 3.65. The summed E-state index contributed by atoms with van der Waals surface area (Å²) >= 11 is 0. The monoisotopic (exact) mass is 156 g/mol. The predicted molar refractivity (Wildman–Crippen MR) is 45.6 cm³/mol. The first-order valence-corrected chi connectivity index (χ1v) is 3.84. The van der Waals surface area contributed by atoms with Crippen LogP contribution in [0, 0.1) is 0 Å². The van der Waals surface area contributed by atoms with E-state index >= 15 is 0 Å². The van der Waals surface area contributed by atoms with E-state index in [0.717, 1.165) is 12.8 Å². The number of hydrogen-bond acceptors (Lipinski definition) is 2. The highest BCUT2D eigenvalue weighted by molar-refractivity contribution is 5.92. The van der Waals surface area contributed by atoms with Gasteiger partial charge in [0.05, 0.1) is 0 Å². The first kappa shape index (κ1) is 10.0. The highest BCUT2D eigenvalue weighted by atomic mass is 16.1. The summed E-state index contributed by atoms with van der Waals surface area (Å²) in [7, 11) is 0. The van der Waals surface area contributed by atoms with Gasteiger partial charge in [-0.1, -0.05) is 13.3 Å². The molecule has 0 aliphatic rings. The van der Waals surface area contributed by atoms with Crippen LogP contribution in [0.25, 0.3) is 0 Å². The van der Waals surface area contributed by atoms with Gasteiger partial charge in [-0.05, 0) is 19.8 Å². The first-order chi connectivity index (χ1) is 5.09. The van der Waals surface area contributed by atoms with Crippen molar-refractivity contribution < 1.29 is 4.79 Å². The Morgan fingerprint density at radius 3 is 2.18 bits per heavy atom. The zero-order valence-electron chi connectivity index (χ0n) is 7.18. The zero-order valence-corrected chi connectivity index (χ0v) is 7.18. The van der Waals surface area contributed by atoms with Crippen LogP contribution >= 0.6 is 0 Å². The normalized spacial score (nSPS) is 12.5. The molecule has 0 aliphatic carbocycles. The molecule has 3 nitrogen and oxygen atoms in total. The van der Waals surface area contributed by atoms with Crippen LogP contribution in [0.15, 0.2) is 11.3 Å². The number of primary amides is 1. The SMILES string of the molecule is CCCCC(C(N)=O)=C(C)N. The Bertz CT molecular complexity index is 169. The first-order valence-electron chi connectivity index (χ1n) is 3.84. The second-order valence-corrected chi connectivity index (χ2v) is 2.63. The fourth-order valence-electron chi connectivity index (χ4n) is 0.868. The van der Waals surface area contributed by atoms with Gasteiger partial charge in [0, 0.05) is 11.3 Å². The average molecular weight is 156 g/mol. The number of rotatable bonds is 4. The number of unbranched alkanes of at least 4 members (excludes halogenated alkanes) is 1. The molecule has 0 saturated heterocycles. The summed E-state index contributed by atoms with van der Waals surface area (Å²) in [6.07, 6.45) is 2.71. The van der Waals surface area contributed by atoms with Crippen molar-refractivity contribution in [1.29, 1.82) is 0 Å². The summed E-state index contributed by atoms with van der Waals surface area (Å²) in [6.45, 7) is 3.76. The van der Waals surface area contributed by atoms with E-state index in [-0.39, 0.29) is 0 Å². The maximum absolute atomic E-state index is 10.7. The summed E-state index contributed by atoms with van der Waals surface area (Å²) in [5.41, 5.74) is 11.7. The molecule has 0 rings (SSSR count). The topological polar surface area (TPSA) is 69.1 Å². The molecule has 11 heavy (non-hydrogen) atoms. The van der Waals surface area contributed by atoms with Crippen LogP contribution < -0.4 is 11.5 Å². The van der Waals surface area contributed by atoms with Crippen molar-refractivity contribution in [1.82, 2.24) is 0 Å². The van der Waals surface area contributed by atoms with Gasteiger partial charge in [-0.15, -0.1) is 0 Å². The van der Waals surface area contributed by atoms with E-state index in [9.17, 15) is 4.79 Å². The standard InChI is InChI=1S/C8H16N2O/c1-3-4-5-7(6(2)9)8(10)11/h3-5,9H2,1-2H3,(H2,10,11). The maximum atomic E-state index is 10.7. The van der Waals surface area contributed by atoms with Crippen LogP contribution in [0.2, 0.25) is 0 Å². The molecule has 1 amide bonds. The molecular weight excluding hydrogens is 140 g/mol. The number of allylic oxidation sites excluding steroid dienone is 1. The van der Waals surface area contributed by atoms with Crippen molar-refractivity contribution in [3.05, 3.63) is 11.3 Å². The minimum absolute atomic E-state index is 0.390. The molecule has 0 aromatic rings. The lowest BCUT2D eigenvalue weighted by Gasteiger charge is -2.03. The van der Waals surface area contributed by atoms with Gasteiger partial charge in [0.1, 0.15) is 0 Å². The Morgan fingerprint density at radius 1 is 1.36 bits per heavy atom. The quantitative estimate of drug-likeness (QED) is 0.593. The molecule has 0 heterocycles. The number of carbonyl (C=O) groups excluding carboxylic acids is 1.